The number of anilines is 1. The van der Waals surface area contributed by atoms with Crippen LogP contribution in [0.1, 0.15) is 16.7 Å². The Bertz CT molecular complexity index is 1610. The van der Waals surface area contributed by atoms with E-state index >= 15 is 0 Å². The average Bonchev–Trinajstić information content (AvgIpc) is 2.88. The average molecular weight is 576 g/mol. The fourth-order valence-corrected chi connectivity index (χ4v) is 4.61. The number of rotatable bonds is 5. The first-order valence-electron chi connectivity index (χ1n) is 11.4. The van der Waals surface area contributed by atoms with Gasteiger partial charge in [-0.05, 0) is 70.8 Å². The van der Waals surface area contributed by atoms with Crippen LogP contribution in [0.4, 0.5) is 10.5 Å². The third kappa shape index (κ3) is 5.01. The molecule has 4 amide bonds. The van der Waals surface area contributed by atoms with E-state index in [1.165, 1.54) is 6.08 Å². The van der Waals surface area contributed by atoms with Gasteiger partial charge in [-0.25, -0.2) is 9.69 Å². The molecule has 0 atom stereocenters. The van der Waals surface area contributed by atoms with Gasteiger partial charge in [-0.15, -0.1) is 0 Å². The Kier molecular flexibility index (Phi) is 6.82. The van der Waals surface area contributed by atoms with Gasteiger partial charge >= 0.3 is 6.03 Å². The lowest BCUT2D eigenvalue weighted by Crippen LogP contribution is -2.54. The predicted octanol–water partition coefficient (Wildman–Crippen LogP) is 6.81. The monoisotopic (exact) mass is 574 g/mol. The van der Waals surface area contributed by atoms with Gasteiger partial charge in [-0.1, -0.05) is 76.1 Å². The molecule has 0 unspecified atom stereocenters. The lowest BCUT2D eigenvalue weighted by Gasteiger charge is -2.26. The summed E-state index contributed by atoms with van der Waals surface area (Å²) in [6, 6.07) is 23.3. The number of halogens is 2. The summed E-state index contributed by atoms with van der Waals surface area (Å²) >= 11 is 9.88. The maximum Gasteiger partial charge on any atom is 0.335 e. The van der Waals surface area contributed by atoms with E-state index in [2.05, 4.69) is 21.2 Å². The molecule has 0 radical (unpaired) electrons. The van der Waals surface area contributed by atoms with E-state index in [1.807, 2.05) is 49.4 Å². The van der Waals surface area contributed by atoms with Crippen LogP contribution in [0, 0.1) is 6.92 Å². The van der Waals surface area contributed by atoms with Crippen molar-refractivity contribution in [3.8, 4) is 5.75 Å². The minimum Gasteiger partial charge on any atom is -0.487 e. The minimum atomic E-state index is -0.802. The molecule has 4 aromatic rings. The zero-order chi connectivity index (χ0) is 26.1. The van der Waals surface area contributed by atoms with Gasteiger partial charge in [0.05, 0.1) is 10.7 Å². The molecule has 5 rings (SSSR count). The summed E-state index contributed by atoms with van der Waals surface area (Å²) in [6.07, 6.45) is 1.41. The highest BCUT2D eigenvalue weighted by Gasteiger charge is 2.37. The predicted molar refractivity (Wildman–Crippen MR) is 148 cm³/mol. The summed E-state index contributed by atoms with van der Waals surface area (Å²) in [7, 11) is 0. The summed E-state index contributed by atoms with van der Waals surface area (Å²) in [6.45, 7) is 2.17. The van der Waals surface area contributed by atoms with E-state index in [4.69, 9.17) is 16.3 Å². The lowest BCUT2D eigenvalue weighted by molar-refractivity contribution is -0.122. The molecular weight excluding hydrogens is 556 g/mol. The van der Waals surface area contributed by atoms with Gasteiger partial charge in [0.15, 0.2) is 0 Å². The van der Waals surface area contributed by atoms with Crippen molar-refractivity contribution in [2.75, 3.05) is 4.90 Å². The van der Waals surface area contributed by atoms with E-state index in [-0.39, 0.29) is 5.57 Å². The molecule has 0 bridgehead atoms. The molecule has 1 saturated heterocycles. The van der Waals surface area contributed by atoms with Crippen molar-refractivity contribution in [2.24, 2.45) is 0 Å². The number of amides is 4. The Morgan fingerprint density at radius 3 is 2.54 bits per heavy atom. The Labute approximate surface area is 226 Å². The number of barbiturate groups is 1. The number of aryl methyl sites for hydroxylation is 1. The Hall–Kier alpha value is -3.94. The normalized spacial score (nSPS) is 14.8. The highest BCUT2D eigenvalue weighted by atomic mass is 79.9. The van der Waals surface area contributed by atoms with Crippen LogP contribution in [0.15, 0.2) is 88.9 Å². The van der Waals surface area contributed by atoms with E-state index in [0.29, 0.717) is 28.6 Å². The summed E-state index contributed by atoms with van der Waals surface area (Å²) in [5.74, 6) is -1.02. The van der Waals surface area contributed by atoms with Crippen molar-refractivity contribution in [3.63, 3.8) is 0 Å². The molecule has 4 aromatic carbocycles. The number of fused-ring (bicyclic) bond motifs is 1. The third-order valence-corrected chi connectivity index (χ3v) is 7.22. The maximum atomic E-state index is 13.2. The van der Waals surface area contributed by atoms with Crippen LogP contribution in [0.5, 0.6) is 5.75 Å². The first-order valence-corrected chi connectivity index (χ1v) is 12.6. The van der Waals surface area contributed by atoms with Crippen molar-refractivity contribution in [3.05, 3.63) is 111 Å². The molecule has 6 nitrogen and oxygen atoms in total. The van der Waals surface area contributed by atoms with Gasteiger partial charge in [0, 0.05) is 4.47 Å². The van der Waals surface area contributed by atoms with Gasteiger partial charge in [-0.2, -0.15) is 0 Å². The topological polar surface area (TPSA) is 75.7 Å². The Morgan fingerprint density at radius 1 is 0.973 bits per heavy atom. The number of hydrogen-bond acceptors (Lipinski definition) is 4. The number of hydrogen-bond donors (Lipinski definition) is 1. The number of nitrogens with zero attached hydrogens (tertiary/aromatic N) is 1. The molecule has 1 heterocycles. The molecule has 1 fully saturated rings. The quantitative estimate of drug-likeness (QED) is 0.210. The number of imide groups is 2. The van der Waals surface area contributed by atoms with Gasteiger partial charge in [0.25, 0.3) is 11.8 Å². The van der Waals surface area contributed by atoms with Gasteiger partial charge in [0.1, 0.15) is 17.9 Å². The SMILES string of the molecule is Cc1cc(N2C(=O)NC(=O)/C(=C/c3ccc(OCc4cccc5ccccc45)c(Cl)c3)C2=O)ccc1Br. The zero-order valence-corrected chi connectivity index (χ0v) is 22.0. The smallest absolute Gasteiger partial charge is 0.335 e. The van der Waals surface area contributed by atoms with E-state index < -0.39 is 17.8 Å². The van der Waals surface area contributed by atoms with Crippen LogP contribution in [0.25, 0.3) is 16.8 Å². The minimum absolute atomic E-state index is 0.180. The fourth-order valence-electron chi connectivity index (χ4n) is 4.12. The number of benzene rings is 4. The Morgan fingerprint density at radius 2 is 1.76 bits per heavy atom. The standard InChI is InChI=1S/C29H20BrClN2O4/c1-17-13-21(10-11-24(17)30)33-28(35)23(27(34)32-29(33)36)14-18-9-12-26(25(31)15-18)37-16-20-7-4-6-19-5-2-3-8-22(19)20/h2-15H,16H2,1H3,(H,32,34,36)/b23-14-. The number of carbonyl (C=O) groups is 3. The fraction of sp³-hybridized carbons (Fsp3) is 0.0690. The van der Waals surface area contributed by atoms with Crippen molar-refractivity contribution in [1.82, 2.24) is 5.32 Å². The molecule has 0 spiro atoms. The first-order chi connectivity index (χ1) is 17.8. The summed E-state index contributed by atoms with van der Waals surface area (Å²) in [5, 5.41) is 4.78. The van der Waals surface area contributed by atoms with Crippen LogP contribution in [-0.4, -0.2) is 17.8 Å². The third-order valence-electron chi connectivity index (χ3n) is 6.03. The molecule has 0 saturated carbocycles. The summed E-state index contributed by atoms with van der Waals surface area (Å²) in [5.41, 5.74) is 2.56. The van der Waals surface area contributed by atoms with Crippen LogP contribution in [-0.2, 0) is 16.2 Å². The van der Waals surface area contributed by atoms with Gasteiger partial charge in [0.2, 0.25) is 0 Å². The molecule has 184 valence electrons. The molecule has 1 N–H and O–H groups in total. The zero-order valence-electron chi connectivity index (χ0n) is 19.6. The van der Waals surface area contributed by atoms with Crippen LogP contribution >= 0.6 is 27.5 Å². The second-order valence-corrected chi connectivity index (χ2v) is 9.77. The molecular formula is C29H20BrClN2O4. The van der Waals surface area contributed by atoms with Crippen molar-refractivity contribution < 1.29 is 19.1 Å². The molecule has 1 aliphatic heterocycles. The second-order valence-electron chi connectivity index (χ2n) is 8.51. The molecule has 37 heavy (non-hydrogen) atoms. The maximum absolute atomic E-state index is 13.2. The van der Waals surface area contributed by atoms with E-state index in [9.17, 15) is 14.4 Å². The molecule has 8 heteroatoms. The number of nitrogens with one attached hydrogen (secondary N) is 1. The van der Waals surface area contributed by atoms with Gasteiger partial charge in [-0.3, -0.25) is 14.9 Å². The van der Waals surface area contributed by atoms with E-state index in [1.54, 1.807) is 36.4 Å². The number of urea groups is 1. The lowest BCUT2D eigenvalue weighted by atomic mass is 10.1. The van der Waals surface area contributed by atoms with Gasteiger partial charge < -0.3 is 4.74 Å². The highest BCUT2D eigenvalue weighted by molar-refractivity contribution is 9.10. The summed E-state index contributed by atoms with van der Waals surface area (Å²) in [4.78, 5) is 39.1. The number of ether oxygens (including phenoxy) is 1. The molecule has 0 aromatic heterocycles. The van der Waals surface area contributed by atoms with Crippen LogP contribution < -0.4 is 15.0 Å². The summed E-state index contributed by atoms with van der Waals surface area (Å²) < 4.78 is 6.81. The van der Waals surface area contributed by atoms with Crippen molar-refractivity contribution >= 4 is 67.9 Å². The number of carbonyl (C=O) groups excluding carboxylic acids is 3. The highest BCUT2D eigenvalue weighted by Crippen LogP contribution is 2.30. The van der Waals surface area contributed by atoms with Crippen molar-refractivity contribution in [1.29, 1.82) is 0 Å². The molecule has 0 aliphatic carbocycles. The largest absolute Gasteiger partial charge is 0.487 e. The van der Waals surface area contributed by atoms with E-state index in [0.717, 1.165) is 31.3 Å². The van der Waals surface area contributed by atoms with Crippen LogP contribution in [0.3, 0.4) is 0 Å². The van der Waals surface area contributed by atoms with Crippen LogP contribution in [0.2, 0.25) is 5.02 Å². The first kappa shape index (κ1) is 24.7. The molecule has 1 aliphatic rings. The Balaban J connectivity index is 1.38. The van der Waals surface area contributed by atoms with Crippen molar-refractivity contribution in [2.45, 2.75) is 13.5 Å². The second kappa shape index (κ2) is 10.2.